The summed E-state index contributed by atoms with van der Waals surface area (Å²) in [6.07, 6.45) is 1.77. The minimum Gasteiger partial charge on any atom is -0.497 e. The molecule has 8 heteroatoms. The van der Waals surface area contributed by atoms with E-state index in [9.17, 15) is 4.79 Å². The molecule has 0 aliphatic carbocycles. The van der Waals surface area contributed by atoms with E-state index in [2.05, 4.69) is 27.6 Å². The monoisotopic (exact) mass is 467 g/mol. The van der Waals surface area contributed by atoms with Gasteiger partial charge in [0.05, 0.1) is 11.6 Å². The number of nitrogens with zero attached hydrogens (tertiary/aromatic N) is 3. The van der Waals surface area contributed by atoms with Gasteiger partial charge in [0.15, 0.2) is 8.57 Å². The van der Waals surface area contributed by atoms with Crippen molar-refractivity contribution >= 4 is 45.7 Å². The van der Waals surface area contributed by atoms with Gasteiger partial charge < -0.3 is 14.1 Å². The second-order valence-corrected chi connectivity index (χ2v) is 7.52. The van der Waals surface area contributed by atoms with E-state index in [-0.39, 0.29) is 5.56 Å². The number of anilines is 1. The van der Waals surface area contributed by atoms with Crippen LogP contribution in [-0.2, 0) is 6.67 Å². The SMILES string of the molecule is COc1ccc(N2CN=c3s/c(=C\c4ccc(I)o4)c(=O)n3C2)cc1. The normalized spacial score (nSPS) is 14.3. The number of ether oxygens (including phenoxy) is 1. The van der Waals surface area contributed by atoms with Crippen LogP contribution in [-0.4, -0.2) is 18.3 Å². The molecule has 1 aliphatic rings. The molecule has 0 saturated carbocycles. The minimum atomic E-state index is -0.0478. The second-order valence-electron chi connectivity index (χ2n) is 5.45. The minimum absolute atomic E-state index is 0.0478. The van der Waals surface area contributed by atoms with Crippen LogP contribution in [0.1, 0.15) is 5.76 Å². The zero-order valence-electron chi connectivity index (χ0n) is 13.3. The summed E-state index contributed by atoms with van der Waals surface area (Å²) in [6.45, 7) is 0.994. The van der Waals surface area contributed by atoms with E-state index in [0.717, 1.165) is 20.0 Å². The molecule has 0 bridgehead atoms. The predicted molar refractivity (Wildman–Crippen MR) is 105 cm³/mol. The van der Waals surface area contributed by atoms with Crippen LogP contribution in [0, 0.1) is 3.77 Å². The van der Waals surface area contributed by atoms with Gasteiger partial charge in [-0.25, -0.2) is 4.99 Å². The molecule has 3 heterocycles. The molecule has 0 unspecified atom stereocenters. The first-order valence-electron chi connectivity index (χ1n) is 7.54. The van der Waals surface area contributed by atoms with Gasteiger partial charge in [0.1, 0.15) is 24.8 Å². The standard InChI is InChI=1S/C17H14IN3O3S/c1-23-12-4-2-11(3-5-12)20-9-19-17-21(10-20)16(22)14(25-17)8-13-6-7-15(18)24-13/h2-8H,9-10H2,1H3/b14-8-. The maximum absolute atomic E-state index is 12.7. The molecule has 3 aromatic rings. The van der Waals surface area contributed by atoms with Crippen LogP contribution in [0.2, 0.25) is 0 Å². The van der Waals surface area contributed by atoms with Gasteiger partial charge in [-0.3, -0.25) is 9.36 Å². The van der Waals surface area contributed by atoms with Crippen LogP contribution >= 0.6 is 33.9 Å². The van der Waals surface area contributed by atoms with Crippen LogP contribution in [0.4, 0.5) is 5.69 Å². The van der Waals surface area contributed by atoms with Gasteiger partial charge >= 0.3 is 0 Å². The fourth-order valence-corrected chi connectivity index (χ4v) is 3.98. The number of aromatic nitrogens is 1. The summed E-state index contributed by atoms with van der Waals surface area (Å²) in [4.78, 5) is 20.0. The number of thiazole rings is 1. The highest BCUT2D eigenvalue weighted by molar-refractivity contribution is 14.1. The maximum Gasteiger partial charge on any atom is 0.271 e. The van der Waals surface area contributed by atoms with E-state index >= 15 is 0 Å². The van der Waals surface area contributed by atoms with Gasteiger partial charge in [-0.15, -0.1) is 0 Å². The van der Waals surface area contributed by atoms with E-state index in [4.69, 9.17) is 9.15 Å². The van der Waals surface area contributed by atoms with Crippen molar-refractivity contribution in [3.63, 3.8) is 0 Å². The number of halogens is 1. The fourth-order valence-electron chi connectivity index (χ4n) is 2.60. The Morgan fingerprint density at radius 3 is 2.76 bits per heavy atom. The summed E-state index contributed by atoms with van der Waals surface area (Å²) < 4.78 is 13.8. The highest BCUT2D eigenvalue weighted by Crippen LogP contribution is 2.20. The summed E-state index contributed by atoms with van der Waals surface area (Å²) in [5.74, 6) is 1.48. The molecular formula is C17H14IN3O3S. The summed E-state index contributed by atoms with van der Waals surface area (Å²) in [5.41, 5.74) is 0.952. The Bertz CT molecular complexity index is 1080. The average Bonchev–Trinajstić information content (AvgIpc) is 3.18. The lowest BCUT2D eigenvalue weighted by atomic mass is 10.3. The quantitative estimate of drug-likeness (QED) is 0.554. The lowest BCUT2D eigenvalue weighted by molar-refractivity contribution is 0.414. The molecule has 0 atom stereocenters. The van der Waals surface area contributed by atoms with E-state index in [1.165, 1.54) is 11.3 Å². The fraction of sp³-hybridized carbons (Fsp3) is 0.176. The summed E-state index contributed by atoms with van der Waals surface area (Å²) >= 11 is 3.49. The van der Waals surface area contributed by atoms with Crippen molar-refractivity contribution in [1.29, 1.82) is 0 Å². The Balaban J connectivity index is 1.67. The molecule has 0 spiro atoms. The Labute approximate surface area is 160 Å². The Morgan fingerprint density at radius 1 is 1.28 bits per heavy atom. The molecule has 1 aromatic carbocycles. The van der Waals surface area contributed by atoms with Crippen molar-refractivity contribution in [1.82, 2.24) is 4.57 Å². The van der Waals surface area contributed by atoms with Crippen molar-refractivity contribution in [2.24, 2.45) is 4.99 Å². The first-order chi connectivity index (χ1) is 12.1. The topological polar surface area (TPSA) is 60.0 Å². The molecular weight excluding hydrogens is 453 g/mol. The third-order valence-corrected chi connectivity index (χ3v) is 5.51. The molecule has 1 aliphatic heterocycles. The summed E-state index contributed by atoms with van der Waals surface area (Å²) in [7, 11) is 1.64. The number of methoxy groups -OCH3 is 1. The van der Waals surface area contributed by atoms with Gasteiger partial charge in [-0.05, 0) is 59.0 Å². The Hall–Kier alpha value is -2.07. The van der Waals surface area contributed by atoms with Gasteiger partial charge in [-0.1, -0.05) is 11.3 Å². The van der Waals surface area contributed by atoms with Crippen molar-refractivity contribution in [2.75, 3.05) is 18.7 Å². The molecule has 0 N–H and O–H groups in total. The van der Waals surface area contributed by atoms with E-state index in [1.54, 1.807) is 17.8 Å². The largest absolute Gasteiger partial charge is 0.497 e. The number of hydrogen-bond donors (Lipinski definition) is 0. The smallest absolute Gasteiger partial charge is 0.271 e. The highest BCUT2D eigenvalue weighted by atomic mass is 127. The van der Waals surface area contributed by atoms with Crippen molar-refractivity contribution in [3.05, 3.63) is 65.6 Å². The molecule has 25 heavy (non-hydrogen) atoms. The highest BCUT2D eigenvalue weighted by Gasteiger charge is 2.16. The molecule has 0 fully saturated rings. The second kappa shape index (κ2) is 6.68. The molecule has 0 radical (unpaired) electrons. The number of rotatable bonds is 3. The van der Waals surface area contributed by atoms with Crippen molar-refractivity contribution < 1.29 is 9.15 Å². The molecule has 128 valence electrons. The first-order valence-corrected chi connectivity index (χ1v) is 9.44. The third kappa shape index (κ3) is 3.23. The van der Waals surface area contributed by atoms with Gasteiger partial charge in [-0.2, -0.15) is 0 Å². The molecule has 2 aromatic heterocycles. The lowest BCUT2D eigenvalue weighted by Gasteiger charge is -2.25. The Morgan fingerprint density at radius 2 is 2.08 bits per heavy atom. The Kier molecular flexibility index (Phi) is 4.38. The predicted octanol–water partition coefficient (Wildman–Crippen LogP) is 2.00. The average molecular weight is 467 g/mol. The molecule has 4 rings (SSSR count). The van der Waals surface area contributed by atoms with Crippen LogP contribution < -0.4 is 24.5 Å². The van der Waals surface area contributed by atoms with Gasteiger partial charge in [0.25, 0.3) is 5.56 Å². The number of benzene rings is 1. The van der Waals surface area contributed by atoms with Crippen LogP contribution in [0.5, 0.6) is 5.75 Å². The summed E-state index contributed by atoms with van der Waals surface area (Å²) in [6, 6.07) is 11.5. The number of hydrogen-bond acceptors (Lipinski definition) is 6. The van der Waals surface area contributed by atoms with Crippen LogP contribution in [0.3, 0.4) is 0 Å². The van der Waals surface area contributed by atoms with Crippen LogP contribution in [0.15, 0.2) is 50.6 Å². The van der Waals surface area contributed by atoms with Crippen molar-refractivity contribution in [2.45, 2.75) is 6.67 Å². The lowest BCUT2D eigenvalue weighted by Crippen LogP contribution is -2.42. The van der Waals surface area contributed by atoms with Crippen molar-refractivity contribution in [3.8, 4) is 5.75 Å². The first kappa shape index (κ1) is 16.4. The number of fused-ring (bicyclic) bond motifs is 1. The molecule has 0 amide bonds. The molecule has 0 saturated heterocycles. The zero-order valence-corrected chi connectivity index (χ0v) is 16.3. The maximum atomic E-state index is 12.7. The van der Waals surface area contributed by atoms with E-state index in [1.807, 2.05) is 41.3 Å². The zero-order chi connectivity index (χ0) is 17.4. The summed E-state index contributed by atoms with van der Waals surface area (Å²) in [5, 5.41) is 0. The van der Waals surface area contributed by atoms with E-state index in [0.29, 0.717) is 23.6 Å². The van der Waals surface area contributed by atoms with Gasteiger partial charge in [0, 0.05) is 11.8 Å². The number of furan rings is 1. The molecule has 6 nitrogen and oxygen atoms in total. The van der Waals surface area contributed by atoms with E-state index < -0.39 is 0 Å². The van der Waals surface area contributed by atoms with Gasteiger partial charge in [0.2, 0.25) is 0 Å². The van der Waals surface area contributed by atoms with Crippen LogP contribution in [0.25, 0.3) is 6.08 Å². The third-order valence-electron chi connectivity index (χ3n) is 3.88.